The smallest absolute Gasteiger partial charge is 0.207 e. The van der Waals surface area contributed by atoms with Gasteiger partial charge < -0.3 is 0 Å². The molecule has 0 spiro atoms. The maximum absolute atomic E-state index is 13.3. The average Bonchev–Trinajstić information content (AvgIpc) is 3.54. The first-order valence-electron chi connectivity index (χ1n) is 11.0. The maximum atomic E-state index is 13.3. The second-order valence-corrected chi connectivity index (χ2v) is 13.1. The molecule has 39 heavy (non-hydrogen) atoms. The van der Waals surface area contributed by atoms with E-state index in [2.05, 4.69) is 0 Å². The number of benzene rings is 2. The minimum Gasteiger partial charge on any atom is -0.218 e. The Hall–Kier alpha value is -5.04. The van der Waals surface area contributed by atoms with Gasteiger partial charge in [-0.05, 0) is 36.4 Å². The number of nitriles is 4. The minimum absolute atomic E-state index is 0.00984. The molecule has 2 aromatic carbocycles. The van der Waals surface area contributed by atoms with Crippen LogP contribution in [0.2, 0.25) is 0 Å². The SMILES string of the molecule is N#CC(C#N)=C1/C(=C/c2ccc(/C=C3/C(=C(C#N)C#N)c4ccccc4S3(=O)=O)s2)S(=O)(=O)c2ccccc21. The van der Waals surface area contributed by atoms with Gasteiger partial charge in [0.25, 0.3) is 0 Å². The quantitative estimate of drug-likeness (QED) is 0.392. The van der Waals surface area contributed by atoms with Crippen LogP contribution < -0.4 is 0 Å². The standard InChI is InChI=1S/C28H12N4O4S3/c29-13-17(14-30)27-21-5-1-3-7-23(21)38(33,34)25(27)11-19-9-10-20(37-19)12-26-28(18(15-31)16-32)22-6-2-4-8-24(22)39(26,35)36/h1-12H/b25-11-,26-12-. The summed E-state index contributed by atoms with van der Waals surface area (Å²) in [4.78, 5) is 0.387. The van der Waals surface area contributed by atoms with Crippen LogP contribution in [0.25, 0.3) is 23.3 Å². The van der Waals surface area contributed by atoms with Crippen molar-refractivity contribution in [2.75, 3.05) is 0 Å². The molecule has 5 rings (SSSR count). The predicted molar refractivity (Wildman–Crippen MR) is 144 cm³/mol. The highest BCUT2D eigenvalue weighted by atomic mass is 32.2. The Morgan fingerprint density at radius 3 is 1.31 bits per heavy atom. The van der Waals surface area contributed by atoms with Crippen LogP contribution in [-0.4, -0.2) is 16.8 Å². The van der Waals surface area contributed by atoms with E-state index in [-0.39, 0.29) is 53.0 Å². The lowest BCUT2D eigenvalue weighted by Gasteiger charge is -2.01. The number of rotatable bonds is 2. The highest BCUT2D eigenvalue weighted by Gasteiger charge is 2.39. The average molecular weight is 565 g/mol. The van der Waals surface area contributed by atoms with Gasteiger partial charge in [-0.2, -0.15) is 21.0 Å². The summed E-state index contributed by atoms with van der Waals surface area (Å²) in [5.41, 5.74) is -0.166. The van der Waals surface area contributed by atoms with Gasteiger partial charge in [0.15, 0.2) is 0 Å². The second-order valence-electron chi connectivity index (χ2n) is 8.20. The van der Waals surface area contributed by atoms with Crippen LogP contribution in [0.15, 0.2) is 91.4 Å². The zero-order valence-corrected chi connectivity index (χ0v) is 22.0. The number of thiophene rings is 1. The lowest BCUT2D eigenvalue weighted by atomic mass is 10.0. The van der Waals surface area contributed by atoms with Crippen LogP contribution in [-0.2, 0) is 19.7 Å². The molecule has 0 N–H and O–H groups in total. The van der Waals surface area contributed by atoms with E-state index in [1.54, 1.807) is 60.7 Å². The fraction of sp³-hybridized carbons (Fsp3) is 0. The van der Waals surface area contributed by atoms with E-state index in [0.29, 0.717) is 9.75 Å². The van der Waals surface area contributed by atoms with E-state index in [1.165, 1.54) is 36.4 Å². The molecule has 0 saturated carbocycles. The molecular weight excluding hydrogens is 553 g/mol. The van der Waals surface area contributed by atoms with E-state index in [1.807, 2.05) is 0 Å². The maximum Gasteiger partial charge on any atom is 0.207 e. The molecule has 0 radical (unpaired) electrons. The van der Waals surface area contributed by atoms with Crippen molar-refractivity contribution >= 4 is 54.3 Å². The van der Waals surface area contributed by atoms with E-state index in [0.717, 1.165) is 11.3 Å². The van der Waals surface area contributed by atoms with E-state index in [4.69, 9.17) is 0 Å². The van der Waals surface area contributed by atoms with Gasteiger partial charge in [0.05, 0.1) is 19.6 Å². The number of allylic oxidation sites excluding steroid dienone is 4. The number of sulfone groups is 2. The number of fused-ring (bicyclic) bond motifs is 2. The van der Waals surface area contributed by atoms with Crippen LogP contribution in [0, 0.1) is 45.3 Å². The van der Waals surface area contributed by atoms with E-state index < -0.39 is 19.7 Å². The fourth-order valence-corrected chi connectivity index (χ4v) is 8.94. The van der Waals surface area contributed by atoms with Crippen molar-refractivity contribution in [3.63, 3.8) is 0 Å². The Labute approximate surface area is 228 Å². The van der Waals surface area contributed by atoms with Gasteiger partial charge in [-0.15, -0.1) is 11.3 Å². The summed E-state index contributed by atoms with van der Waals surface area (Å²) in [6.07, 6.45) is 2.69. The van der Waals surface area contributed by atoms with Crippen molar-refractivity contribution in [2.45, 2.75) is 9.79 Å². The Bertz CT molecular complexity index is 1950. The van der Waals surface area contributed by atoms with Crippen molar-refractivity contribution in [2.24, 2.45) is 0 Å². The van der Waals surface area contributed by atoms with Gasteiger partial charge in [-0.3, -0.25) is 0 Å². The van der Waals surface area contributed by atoms with Crippen molar-refractivity contribution in [3.8, 4) is 24.3 Å². The lowest BCUT2D eigenvalue weighted by molar-refractivity contribution is 0.603. The van der Waals surface area contributed by atoms with Gasteiger partial charge in [-0.25, -0.2) is 16.8 Å². The summed E-state index contributed by atoms with van der Waals surface area (Å²) in [5, 5.41) is 38.0. The summed E-state index contributed by atoms with van der Waals surface area (Å²) in [5.74, 6) is 0. The molecule has 0 bridgehead atoms. The third-order valence-corrected chi connectivity index (χ3v) is 10.8. The molecule has 0 aliphatic carbocycles. The van der Waals surface area contributed by atoms with Crippen LogP contribution in [0.3, 0.4) is 0 Å². The highest BCUT2D eigenvalue weighted by Crippen LogP contribution is 2.47. The molecule has 8 nitrogen and oxygen atoms in total. The molecule has 3 aromatic rings. The molecule has 0 saturated heterocycles. The Kier molecular flexibility index (Phi) is 6.15. The molecular formula is C28H12N4O4S3. The molecule has 3 heterocycles. The monoisotopic (exact) mass is 564 g/mol. The molecule has 0 fully saturated rings. The Morgan fingerprint density at radius 1 is 0.590 bits per heavy atom. The third kappa shape index (κ3) is 3.90. The van der Waals surface area contributed by atoms with Crippen LogP contribution >= 0.6 is 11.3 Å². The predicted octanol–water partition coefficient (Wildman–Crippen LogP) is 5.01. The Morgan fingerprint density at radius 2 is 0.949 bits per heavy atom. The zero-order valence-electron chi connectivity index (χ0n) is 19.6. The molecule has 186 valence electrons. The van der Waals surface area contributed by atoms with Gasteiger partial charge in [0.1, 0.15) is 35.4 Å². The fourth-order valence-electron chi connectivity index (χ4n) is 4.46. The molecule has 0 atom stereocenters. The summed E-state index contributed by atoms with van der Waals surface area (Å²) in [6.45, 7) is 0. The summed E-state index contributed by atoms with van der Waals surface area (Å²) in [6, 6.07) is 22.4. The van der Waals surface area contributed by atoms with Gasteiger partial charge in [-0.1, -0.05) is 36.4 Å². The number of nitrogens with zero attached hydrogens (tertiary/aromatic N) is 4. The topological polar surface area (TPSA) is 163 Å². The minimum atomic E-state index is -4.04. The molecule has 2 aliphatic rings. The van der Waals surface area contributed by atoms with Crippen LogP contribution in [0.4, 0.5) is 0 Å². The van der Waals surface area contributed by atoms with Crippen molar-refractivity contribution in [1.29, 1.82) is 21.0 Å². The van der Waals surface area contributed by atoms with Crippen LogP contribution in [0.5, 0.6) is 0 Å². The normalized spacial score (nSPS) is 17.9. The zero-order chi connectivity index (χ0) is 27.9. The molecule has 1 aromatic heterocycles. The Balaban J connectivity index is 1.69. The largest absolute Gasteiger partial charge is 0.218 e. The van der Waals surface area contributed by atoms with Crippen LogP contribution in [0.1, 0.15) is 20.9 Å². The first-order valence-corrected chi connectivity index (χ1v) is 14.8. The molecule has 2 aliphatic heterocycles. The third-order valence-electron chi connectivity index (χ3n) is 6.11. The van der Waals surface area contributed by atoms with Gasteiger partial charge in [0, 0.05) is 32.0 Å². The first kappa shape index (κ1) is 25.6. The van der Waals surface area contributed by atoms with Crippen molar-refractivity contribution in [1.82, 2.24) is 0 Å². The summed E-state index contributed by atoms with van der Waals surface area (Å²) >= 11 is 1.06. The second kappa shape index (κ2) is 9.36. The first-order chi connectivity index (χ1) is 18.7. The van der Waals surface area contributed by atoms with E-state index in [9.17, 15) is 37.9 Å². The van der Waals surface area contributed by atoms with Gasteiger partial charge in [0.2, 0.25) is 19.7 Å². The van der Waals surface area contributed by atoms with Gasteiger partial charge >= 0.3 is 0 Å². The number of hydrogen-bond donors (Lipinski definition) is 0. The summed E-state index contributed by atoms with van der Waals surface area (Å²) in [7, 11) is -8.07. The molecule has 11 heteroatoms. The number of hydrogen-bond acceptors (Lipinski definition) is 9. The van der Waals surface area contributed by atoms with E-state index >= 15 is 0 Å². The lowest BCUT2D eigenvalue weighted by Crippen LogP contribution is -1.98. The van der Waals surface area contributed by atoms with Crippen molar-refractivity contribution < 1.29 is 16.8 Å². The molecule has 0 unspecified atom stereocenters. The van der Waals surface area contributed by atoms with Crippen molar-refractivity contribution in [3.05, 3.63) is 103 Å². The summed E-state index contributed by atoms with van der Waals surface area (Å²) < 4.78 is 53.4. The molecule has 0 amide bonds. The highest BCUT2D eigenvalue weighted by molar-refractivity contribution is 7.97.